The van der Waals surface area contributed by atoms with Crippen LogP contribution >= 0.6 is 0 Å². The van der Waals surface area contributed by atoms with Gasteiger partial charge in [0.05, 0.1) is 5.41 Å². The largest absolute Gasteiger partial charge is 0.354 e. The van der Waals surface area contributed by atoms with Gasteiger partial charge >= 0.3 is 0 Å². The third-order valence-corrected chi connectivity index (χ3v) is 4.77. The van der Waals surface area contributed by atoms with Crippen LogP contribution < -0.4 is 16.8 Å². The Balaban J connectivity index is 2.11. The summed E-state index contributed by atoms with van der Waals surface area (Å²) in [7, 11) is 0. The summed E-state index contributed by atoms with van der Waals surface area (Å²) in [5.41, 5.74) is 13.6. The first-order valence-corrected chi connectivity index (χ1v) is 8.96. The Morgan fingerprint density at radius 2 is 1.32 bits per heavy atom. The molecular formula is C21H29N3O. The average molecular weight is 339 g/mol. The van der Waals surface area contributed by atoms with Crippen molar-refractivity contribution in [3.8, 4) is 0 Å². The Morgan fingerprint density at radius 3 is 1.72 bits per heavy atom. The highest BCUT2D eigenvalue weighted by Crippen LogP contribution is 2.30. The number of nitrogens with two attached hydrogens (primary N) is 2. The predicted molar refractivity (Wildman–Crippen MR) is 103 cm³/mol. The van der Waals surface area contributed by atoms with Crippen LogP contribution in [0.4, 0.5) is 0 Å². The molecule has 0 bridgehead atoms. The summed E-state index contributed by atoms with van der Waals surface area (Å²) in [6, 6.07) is 20.5. The van der Waals surface area contributed by atoms with Crippen molar-refractivity contribution in [3.05, 3.63) is 71.8 Å². The molecule has 0 saturated carbocycles. The van der Waals surface area contributed by atoms with Gasteiger partial charge in [0.1, 0.15) is 0 Å². The summed E-state index contributed by atoms with van der Waals surface area (Å²) in [5.74, 6) is 0.0207. The van der Waals surface area contributed by atoms with E-state index in [4.69, 9.17) is 11.5 Å². The van der Waals surface area contributed by atoms with Crippen LogP contribution in [0.3, 0.4) is 0 Å². The lowest BCUT2D eigenvalue weighted by Gasteiger charge is -2.31. The standard InChI is InChI=1S/C21H29N3O/c22-15-16-24-20(25)21(17-23,13-11-18-7-3-1-4-8-18)14-12-19-9-5-2-6-10-19/h1-10H,11-17,22-23H2,(H,24,25). The summed E-state index contributed by atoms with van der Waals surface area (Å²) >= 11 is 0. The zero-order valence-electron chi connectivity index (χ0n) is 14.8. The lowest BCUT2D eigenvalue weighted by molar-refractivity contribution is -0.131. The number of aryl methyl sites for hydroxylation is 2. The summed E-state index contributed by atoms with van der Waals surface area (Å²) in [5, 5.41) is 2.95. The van der Waals surface area contributed by atoms with Crippen LogP contribution in [0.1, 0.15) is 24.0 Å². The smallest absolute Gasteiger partial charge is 0.227 e. The number of nitrogens with one attached hydrogen (secondary N) is 1. The van der Waals surface area contributed by atoms with E-state index >= 15 is 0 Å². The molecule has 0 aromatic heterocycles. The Hall–Kier alpha value is -2.17. The number of benzene rings is 2. The van der Waals surface area contributed by atoms with Crippen molar-refractivity contribution in [2.24, 2.45) is 16.9 Å². The third-order valence-electron chi connectivity index (χ3n) is 4.77. The molecule has 134 valence electrons. The molecule has 0 aliphatic heterocycles. The first-order valence-electron chi connectivity index (χ1n) is 8.96. The minimum Gasteiger partial charge on any atom is -0.354 e. The molecule has 5 N–H and O–H groups in total. The summed E-state index contributed by atoms with van der Waals surface area (Å²) in [6.07, 6.45) is 3.14. The molecule has 0 aliphatic carbocycles. The number of amides is 1. The van der Waals surface area contributed by atoms with Crippen molar-refractivity contribution >= 4 is 5.91 Å². The van der Waals surface area contributed by atoms with E-state index < -0.39 is 5.41 Å². The van der Waals surface area contributed by atoms with Crippen molar-refractivity contribution in [1.82, 2.24) is 5.32 Å². The van der Waals surface area contributed by atoms with Gasteiger partial charge in [0.15, 0.2) is 0 Å². The maximum atomic E-state index is 12.9. The fourth-order valence-electron chi connectivity index (χ4n) is 3.08. The maximum absolute atomic E-state index is 12.9. The Bertz CT molecular complexity index is 585. The Morgan fingerprint density at radius 1 is 0.840 bits per heavy atom. The lowest BCUT2D eigenvalue weighted by Crippen LogP contribution is -2.47. The number of carbonyl (C=O) groups is 1. The molecule has 0 spiro atoms. The van der Waals surface area contributed by atoms with E-state index in [2.05, 4.69) is 29.6 Å². The van der Waals surface area contributed by atoms with Crippen LogP contribution in [0.2, 0.25) is 0 Å². The molecule has 0 unspecified atom stereocenters. The number of rotatable bonds is 10. The molecule has 2 rings (SSSR count). The normalized spacial score (nSPS) is 11.3. The molecule has 2 aromatic carbocycles. The fourth-order valence-corrected chi connectivity index (χ4v) is 3.08. The van der Waals surface area contributed by atoms with E-state index in [9.17, 15) is 4.79 Å². The quantitative estimate of drug-likeness (QED) is 0.621. The van der Waals surface area contributed by atoms with Crippen LogP contribution in [0.25, 0.3) is 0 Å². The summed E-state index contributed by atoms with van der Waals surface area (Å²) in [4.78, 5) is 12.9. The molecule has 0 fully saturated rings. The van der Waals surface area contributed by atoms with E-state index in [0.717, 1.165) is 25.7 Å². The van der Waals surface area contributed by atoms with Gasteiger partial charge in [-0.15, -0.1) is 0 Å². The van der Waals surface area contributed by atoms with Crippen LogP contribution in [0.15, 0.2) is 60.7 Å². The molecule has 4 nitrogen and oxygen atoms in total. The summed E-state index contributed by atoms with van der Waals surface area (Å²) in [6.45, 7) is 1.25. The monoisotopic (exact) mass is 339 g/mol. The second-order valence-corrected chi connectivity index (χ2v) is 6.50. The first-order chi connectivity index (χ1) is 12.2. The second kappa shape index (κ2) is 9.97. The molecule has 25 heavy (non-hydrogen) atoms. The van der Waals surface area contributed by atoms with Crippen molar-refractivity contribution in [2.75, 3.05) is 19.6 Å². The van der Waals surface area contributed by atoms with Gasteiger partial charge < -0.3 is 16.8 Å². The van der Waals surface area contributed by atoms with Crippen molar-refractivity contribution in [1.29, 1.82) is 0 Å². The minimum atomic E-state index is -0.569. The van der Waals surface area contributed by atoms with Gasteiger partial charge in [-0.3, -0.25) is 4.79 Å². The SMILES string of the molecule is NCCNC(=O)C(CN)(CCc1ccccc1)CCc1ccccc1. The Labute approximate surface area is 150 Å². The number of hydrogen-bond acceptors (Lipinski definition) is 3. The molecule has 2 aromatic rings. The van der Waals surface area contributed by atoms with Crippen LogP contribution in [0, 0.1) is 5.41 Å². The van der Waals surface area contributed by atoms with Gasteiger partial charge in [-0.25, -0.2) is 0 Å². The average Bonchev–Trinajstić information content (AvgIpc) is 2.68. The van der Waals surface area contributed by atoms with Gasteiger partial charge in [-0.05, 0) is 36.8 Å². The van der Waals surface area contributed by atoms with E-state index in [1.54, 1.807) is 0 Å². The van der Waals surface area contributed by atoms with Gasteiger partial charge in [-0.2, -0.15) is 0 Å². The zero-order valence-corrected chi connectivity index (χ0v) is 14.8. The van der Waals surface area contributed by atoms with E-state index in [1.807, 2.05) is 36.4 Å². The molecule has 0 heterocycles. The van der Waals surface area contributed by atoms with Gasteiger partial charge in [0.2, 0.25) is 5.91 Å². The summed E-state index contributed by atoms with van der Waals surface area (Å²) < 4.78 is 0. The van der Waals surface area contributed by atoms with Crippen molar-refractivity contribution in [3.63, 3.8) is 0 Å². The second-order valence-electron chi connectivity index (χ2n) is 6.50. The molecule has 0 aliphatic rings. The minimum absolute atomic E-state index is 0.0207. The highest BCUT2D eigenvalue weighted by molar-refractivity contribution is 5.83. The van der Waals surface area contributed by atoms with E-state index in [0.29, 0.717) is 19.6 Å². The van der Waals surface area contributed by atoms with E-state index in [1.165, 1.54) is 11.1 Å². The van der Waals surface area contributed by atoms with Crippen LogP contribution in [-0.2, 0) is 17.6 Å². The van der Waals surface area contributed by atoms with Crippen LogP contribution in [-0.4, -0.2) is 25.5 Å². The lowest BCUT2D eigenvalue weighted by atomic mass is 9.76. The van der Waals surface area contributed by atoms with Crippen molar-refractivity contribution in [2.45, 2.75) is 25.7 Å². The zero-order chi connectivity index (χ0) is 18.0. The molecule has 0 radical (unpaired) electrons. The van der Waals surface area contributed by atoms with Crippen molar-refractivity contribution < 1.29 is 4.79 Å². The van der Waals surface area contributed by atoms with E-state index in [-0.39, 0.29) is 5.91 Å². The Kier molecular flexibility index (Phi) is 7.64. The number of carbonyl (C=O) groups excluding carboxylic acids is 1. The van der Waals surface area contributed by atoms with Crippen LogP contribution in [0.5, 0.6) is 0 Å². The molecule has 0 atom stereocenters. The predicted octanol–water partition coefficient (Wildman–Crippen LogP) is 2.27. The highest BCUT2D eigenvalue weighted by atomic mass is 16.2. The molecule has 1 amide bonds. The maximum Gasteiger partial charge on any atom is 0.227 e. The third kappa shape index (κ3) is 5.69. The van der Waals surface area contributed by atoms with Gasteiger partial charge in [-0.1, -0.05) is 60.7 Å². The fraction of sp³-hybridized carbons (Fsp3) is 0.381. The molecular weight excluding hydrogens is 310 g/mol. The topological polar surface area (TPSA) is 81.1 Å². The highest BCUT2D eigenvalue weighted by Gasteiger charge is 2.36. The van der Waals surface area contributed by atoms with Gasteiger partial charge in [0, 0.05) is 19.6 Å². The van der Waals surface area contributed by atoms with Gasteiger partial charge in [0.25, 0.3) is 0 Å². The molecule has 4 heteroatoms. The molecule has 0 saturated heterocycles. The first kappa shape index (κ1) is 19.2. The number of hydrogen-bond donors (Lipinski definition) is 3.